The predicted molar refractivity (Wildman–Crippen MR) is 86.9 cm³/mol. The van der Waals surface area contributed by atoms with E-state index in [2.05, 4.69) is 26.9 Å². The molecule has 0 spiro atoms. The van der Waals surface area contributed by atoms with Crippen LogP contribution in [0.15, 0.2) is 16.6 Å². The normalized spacial score (nSPS) is 19.6. The van der Waals surface area contributed by atoms with Gasteiger partial charge in [0.25, 0.3) is 0 Å². The first kappa shape index (κ1) is 15.0. The lowest BCUT2D eigenvalue weighted by Crippen LogP contribution is -2.49. The summed E-state index contributed by atoms with van der Waals surface area (Å²) in [5.74, 6) is 1.28. The van der Waals surface area contributed by atoms with Crippen LogP contribution in [0.5, 0.6) is 5.75 Å². The third-order valence-electron chi connectivity index (χ3n) is 4.98. The molecule has 1 heterocycles. The van der Waals surface area contributed by atoms with Crippen molar-refractivity contribution in [3.63, 3.8) is 0 Å². The van der Waals surface area contributed by atoms with Gasteiger partial charge in [0.1, 0.15) is 5.75 Å². The van der Waals surface area contributed by atoms with E-state index in [1.165, 1.54) is 5.56 Å². The summed E-state index contributed by atoms with van der Waals surface area (Å²) < 4.78 is 6.80. The van der Waals surface area contributed by atoms with Crippen molar-refractivity contribution in [2.24, 2.45) is 0 Å². The maximum absolute atomic E-state index is 13.0. The van der Waals surface area contributed by atoms with Crippen LogP contribution in [0.4, 0.5) is 0 Å². The molecule has 1 aliphatic carbocycles. The van der Waals surface area contributed by atoms with Gasteiger partial charge in [-0.2, -0.15) is 0 Å². The average Bonchev–Trinajstić information content (AvgIpc) is 3.07. The summed E-state index contributed by atoms with van der Waals surface area (Å²) >= 11 is 3.55. The van der Waals surface area contributed by atoms with Crippen molar-refractivity contribution < 1.29 is 9.53 Å². The summed E-state index contributed by atoms with van der Waals surface area (Å²) in [5.41, 5.74) is 1.99. The predicted octanol–water partition coefficient (Wildman–Crippen LogP) is 3.37. The van der Waals surface area contributed by atoms with Crippen LogP contribution in [0.2, 0.25) is 0 Å². The molecule has 3 rings (SSSR count). The van der Waals surface area contributed by atoms with Crippen molar-refractivity contribution in [1.82, 2.24) is 4.90 Å². The smallest absolute Gasteiger partial charge is 0.157 e. The van der Waals surface area contributed by atoms with Crippen LogP contribution in [-0.4, -0.2) is 36.9 Å². The second-order valence-corrected chi connectivity index (χ2v) is 7.30. The summed E-state index contributed by atoms with van der Waals surface area (Å²) in [5, 5.41) is 0. The Morgan fingerprint density at radius 3 is 2.71 bits per heavy atom. The highest BCUT2D eigenvalue weighted by atomic mass is 79.9. The van der Waals surface area contributed by atoms with Gasteiger partial charge >= 0.3 is 0 Å². The fourth-order valence-corrected chi connectivity index (χ4v) is 4.30. The number of hydrogen-bond acceptors (Lipinski definition) is 3. The average molecular weight is 352 g/mol. The van der Waals surface area contributed by atoms with E-state index in [1.807, 2.05) is 20.2 Å². The van der Waals surface area contributed by atoms with E-state index in [0.29, 0.717) is 12.2 Å². The largest absolute Gasteiger partial charge is 0.493 e. The molecule has 0 amide bonds. The van der Waals surface area contributed by atoms with Crippen molar-refractivity contribution in [2.75, 3.05) is 20.7 Å². The second kappa shape index (κ2) is 5.73. The Bertz CT molecular complexity index is 562. The quantitative estimate of drug-likeness (QED) is 0.832. The minimum Gasteiger partial charge on any atom is -0.493 e. The molecular formula is C17H22BrNO2. The van der Waals surface area contributed by atoms with Crippen LogP contribution in [0.3, 0.4) is 0 Å². The SMILES string of the molecule is CN(C)C1(C(=O)Cc2cc(Br)cc3c2OCC3)CCCC1. The first-order chi connectivity index (χ1) is 10.0. The molecule has 0 unspecified atom stereocenters. The van der Waals surface area contributed by atoms with Crippen molar-refractivity contribution in [2.45, 2.75) is 44.1 Å². The summed E-state index contributed by atoms with van der Waals surface area (Å²) in [6.07, 6.45) is 5.68. The molecule has 0 bridgehead atoms. The second-order valence-electron chi connectivity index (χ2n) is 6.38. The number of fused-ring (bicyclic) bond motifs is 1. The lowest BCUT2D eigenvalue weighted by atomic mass is 9.86. The summed E-state index contributed by atoms with van der Waals surface area (Å²) in [4.78, 5) is 15.1. The van der Waals surface area contributed by atoms with Gasteiger partial charge in [0, 0.05) is 22.9 Å². The molecule has 3 nitrogen and oxygen atoms in total. The number of rotatable bonds is 4. The van der Waals surface area contributed by atoms with Crippen LogP contribution in [0.25, 0.3) is 0 Å². The summed E-state index contributed by atoms with van der Waals surface area (Å²) in [7, 11) is 4.07. The number of ether oxygens (including phenoxy) is 1. The molecular weight excluding hydrogens is 330 g/mol. The fraction of sp³-hybridized carbons (Fsp3) is 0.588. The molecule has 0 aromatic heterocycles. The highest BCUT2D eigenvalue weighted by Gasteiger charge is 2.42. The van der Waals surface area contributed by atoms with Crippen molar-refractivity contribution in [1.29, 1.82) is 0 Å². The zero-order chi connectivity index (χ0) is 15.0. The van der Waals surface area contributed by atoms with Crippen LogP contribution >= 0.6 is 15.9 Å². The summed E-state index contributed by atoms with van der Waals surface area (Å²) in [6.45, 7) is 0.728. The minimum atomic E-state index is -0.270. The van der Waals surface area contributed by atoms with E-state index in [0.717, 1.165) is 54.5 Å². The number of likely N-dealkylation sites (N-methyl/N-ethyl adjacent to an activating group) is 1. The van der Waals surface area contributed by atoms with E-state index < -0.39 is 0 Å². The molecule has 0 saturated heterocycles. The molecule has 1 fully saturated rings. The molecule has 0 atom stereocenters. The van der Waals surface area contributed by atoms with Crippen molar-refractivity contribution in [3.05, 3.63) is 27.7 Å². The van der Waals surface area contributed by atoms with Gasteiger partial charge in [-0.25, -0.2) is 0 Å². The Labute approximate surface area is 134 Å². The number of ketones is 1. The highest BCUT2D eigenvalue weighted by molar-refractivity contribution is 9.10. The van der Waals surface area contributed by atoms with E-state index in [9.17, 15) is 4.79 Å². The standard InChI is InChI=1S/C17H22BrNO2/c1-19(2)17(6-3-4-7-17)15(20)11-13-10-14(18)9-12-5-8-21-16(12)13/h9-10H,3-8,11H2,1-2H3. The molecule has 1 aliphatic heterocycles. The number of benzene rings is 1. The first-order valence-corrected chi connectivity index (χ1v) is 8.47. The number of Topliss-reactive ketones (excluding diaryl/α,β-unsaturated/α-hetero) is 1. The molecule has 2 aliphatic rings. The molecule has 1 aromatic rings. The van der Waals surface area contributed by atoms with Gasteiger partial charge in [-0.15, -0.1) is 0 Å². The number of nitrogens with zero attached hydrogens (tertiary/aromatic N) is 1. The van der Waals surface area contributed by atoms with E-state index >= 15 is 0 Å². The number of hydrogen-bond donors (Lipinski definition) is 0. The van der Waals surface area contributed by atoms with Gasteiger partial charge < -0.3 is 4.74 Å². The van der Waals surface area contributed by atoms with Gasteiger partial charge in [-0.05, 0) is 44.6 Å². The van der Waals surface area contributed by atoms with Gasteiger partial charge in [-0.1, -0.05) is 28.8 Å². The van der Waals surface area contributed by atoms with Gasteiger partial charge in [0.15, 0.2) is 5.78 Å². The molecule has 1 saturated carbocycles. The Kier molecular flexibility index (Phi) is 4.10. The molecule has 21 heavy (non-hydrogen) atoms. The van der Waals surface area contributed by atoms with Crippen molar-refractivity contribution in [3.8, 4) is 5.75 Å². The Morgan fingerprint density at radius 2 is 2.05 bits per heavy atom. The Hall–Kier alpha value is -0.870. The molecule has 0 radical (unpaired) electrons. The van der Waals surface area contributed by atoms with E-state index in [-0.39, 0.29) is 5.54 Å². The summed E-state index contributed by atoms with van der Waals surface area (Å²) in [6, 6.07) is 4.15. The van der Waals surface area contributed by atoms with Crippen LogP contribution in [0.1, 0.15) is 36.8 Å². The molecule has 0 N–H and O–H groups in total. The lowest BCUT2D eigenvalue weighted by molar-refractivity contribution is -0.128. The number of carbonyl (C=O) groups excluding carboxylic acids is 1. The molecule has 4 heteroatoms. The fourth-order valence-electron chi connectivity index (χ4n) is 3.75. The van der Waals surface area contributed by atoms with Gasteiger partial charge in [0.2, 0.25) is 0 Å². The van der Waals surface area contributed by atoms with E-state index in [4.69, 9.17) is 4.74 Å². The highest BCUT2D eigenvalue weighted by Crippen LogP contribution is 2.38. The van der Waals surface area contributed by atoms with Crippen LogP contribution < -0.4 is 4.74 Å². The maximum Gasteiger partial charge on any atom is 0.157 e. The molecule has 114 valence electrons. The monoisotopic (exact) mass is 351 g/mol. The van der Waals surface area contributed by atoms with Crippen LogP contribution in [-0.2, 0) is 17.6 Å². The van der Waals surface area contributed by atoms with Crippen LogP contribution in [0, 0.1) is 0 Å². The maximum atomic E-state index is 13.0. The number of carbonyl (C=O) groups is 1. The van der Waals surface area contributed by atoms with Gasteiger partial charge in [0.05, 0.1) is 12.1 Å². The van der Waals surface area contributed by atoms with E-state index in [1.54, 1.807) is 0 Å². The Morgan fingerprint density at radius 1 is 1.33 bits per heavy atom. The Balaban J connectivity index is 1.88. The third kappa shape index (κ3) is 2.64. The molecule has 1 aromatic carbocycles. The lowest BCUT2D eigenvalue weighted by Gasteiger charge is -2.35. The number of halogens is 1. The van der Waals surface area contributed by atoms with Gasteiger partial charge in [-0.3, -0.25) is 9.69 Å². The minimum absolute atomic E-state index is 0.270. The first-order valence-electron chi connectivity index (χ1n) is 7.68. The zero-order valence-corrected chi connectivity index (χ0v) is 14.3. The van der Waals surface area contributed by atoms with Crippen molar-refractivity contribution >= 4 is 21.7 Å². The zero-order valence-electron chi connectivity index (χ0n) is 12.7. The third-order valence-corrected chi connectivity index (χ3v) is 5.44. The topological polar surface area (TPSA) is 29.5 Å².